The number of halogens is 1. The smallest absolute Gasteiger partial charge is 0.237 e. The van der Waals surface area contributed by atoms with Crippen LogP contribution in [-0.2, 0) is 23.8 Å². The highest BCUT2D eigenvalue weighted by Crippen LogP contribution is 2.30. The van der Waals surface area contributed by atoms with Crippen molar-refractivity contribution in [1.29, 1.82) is 0 Å². The number of alkyl halides is 1. The highest BCUT2D eigenvalue weighted by Gasteiger charge is 2.45. The molecule has 7 heteroatoms. The minimum atomic E-state index is -0.344. The molecule has 0 bridgehead atoms. The molecule has 0 spiro atoms. The standard InChI is InChI=1S/C16H22ClNO5/c17-5-7-21-9-11-23-12-10-22-8-6-18-15(19)13-3-1-2-4-14(13)16(18)20/h1-4,13-14H,5-12H2. The number of hydrogen-bond acceptors (Lipinski definition) is 5. The first-order chi connectivity index (χ1) is 11.3. The fourth-order valence-corrected chi connectivity index (χ4v) is 2.63. The second kappa shape index (κ2) is 9.82. The minimum Gasteiger partial charge on any atom is -0.378 e. The molecule has 2 unspecified atom stereocenters. The van der Waals surface area contributed by atoms with Crippen LogP contribution in [0.5, 0.6) is 0 Å². The Balaban J connectivity index is 1.55. The number of carbonyl (C=O) groups excluding carboxylic acids is 2. The Morgan fingerprint density at radius 2 is 1.30 bits per heavy atom. The Labute approximate surface area is 141 Å². The monoisotopic (exact) mass is 343 g/mol. The van der Waals surface area contributed by atoms with E-state index in [1.54, 1.807) is 24.3 Å². The third-order valence-electron chi connectivity index (χ3n) is 3.66. The van der Waals surface area contributed by atoms with E-state index in [0.717, 1.165) is 0 Å². The van der Waals surface area contributed by atoms with E-state index in [2.05, 4.69) is 0 Å². The molecule has 0 N–H and O–H groups in total. The highest BCUT2D eigenvalue weighted by molar-refractivity contribution is 6.17. The normalized spacial score (nSPS) is 22.9. The van der Waals surface area contributed by atoms with E-state index < -0.39 is 0 Å². The van der Waals surface area contributed by atoms with Crippen LogP contribution in [0.3, 0.4) is 0 Å². The number of fused-ring (bicyclic) bond motifs is 1. The summed E-state index contributed by atoms with van der Waals surface area (Å²) < 4.78 is 15.9. The van der Waals surface area contributed by atoms with Gasteiger partial charge in [0.2, 0.25) is 11.8 Å². The van der Waals surface area contributed by atoms with Gasteiger partial charge in [-0.05, 0) is 0 Å². The van der Waals surface area contributed by atoms with Crippen molar-refractivity contribution < 1.29 is 23.8 Å². The van der Waals surface area contributed by atoms with Crippen molar-refractivity contribution in [2.24, 2.45) is 11.8 Å². The van der Waals surface area contributed by atoms with Crippen LogP contribution in [0.4, 0.5) is 0 Å². The quantitative estimate of drug-likeness (QED) is 0.318. The highest BCUT2D eigenvalue weighted by atomic mass is 35.5. The van der Waals surface area contributed by atoms with Gasteiger partial charge in [-0.3, -0.25) is 14.5 Å². The number of hydrogen-bond donors (Lipinski definition) is 0. The van der Waals surface area contributed by atoms with Gasteiger partial charge in [-0.25, -0.2) is 0 Å². The van der Waals surface area contributed by atoms with Crippen LogP contribution < -0.4 is 0 Å². The van der Waals surface area contributed by atoms with Gasteiger partial charge in [0.15, 0.2) is 0 Å². The fraction of sp³-hybridized carbons (Fsp3) is 0.625. The zero-order valence-corrected chi connectivity index (χ0v) is 13.7. The van der Waals surface area contributed by atoms with E-state index >= 15 is 0 Å². The number of amides is 2. The maximum Gasteiger partial charge on any atom is 0.237 e. The first-order valence-corrected chi connectivity index (χ1v) is 8.28. The van der Waals surface area contributed by atoms with Gasteiger partial charge in [0.25, 0.3) is 0 Å². The van der Waals surface area contributed by atoms with Gasteiger partial charge in [-0.15, -0.1) is 11.6 Å². The summed E-state index contributed by atoms with van der Waals surface area (Å²) >= 11 is 5.47. The van der Waals surface area contributed by atoms with Crippen molar-refractivity contribution in [2.45, 2.75) is 0 Å². The summed E-state index contributed by atoms with van der Waals surface area (Å²) in [7, 11) is 0. The Bertz CT molecular complexity index is 435. The van der Waals surface area contributed by atoms with Gasteiger partial charge >= 0.3 is 0 Å². The average molecular weight is 344 g/mol. The summed E-state index contributed by atoms with van der Waals surface area (Å²) in [6.45, 7) is 2.98. The average Bonchev–Trinajstić information content (AvgIpc) is 2.81. The first-order valence-electron chi connectivity index (χ1n) is 7.75. The molecule has 2 amide bonds. The van der Waals surface area contributed by atoms with Crippen molar-refractivity contribution in [3.63, 3.8) is 0 Å². The van der Waals surface area contributed by atoms with E-state index in [4.69, 9.17) is 25.8 Å². The largest absolute Gasteiger partial charge is 0.378 e. The van der Waals surface area contributed by atoms with Crippen molar-refractivity contribution in [2.75, 3.05) is 52.1 Å². The third kappa shape index (κ3) is 5.14. The lowest BCUT2D eigenvalue weighted by molar-refractivity contribution is -0.140. The molecular formula is C16H22ClNO5. The number of imide groups is 1. The molecule has 2 rings (SSSR count). The lowest BCUT2D eigenvalue weighted by Gasteiger charge is -2.14. The van der Waals surface area contributed by atoms with Crippen molar-refractivity contribution in [3.05, 3.63) is 24.3 Å². The van der Waals surface area contributed by atoms with Crippen molar-refractivity contribution >= 4 is 23.4 Å². The predicted molar refractivity (Wildman–Crippen MR) is 85.2 cm³/mol. The second-order valence-corrected chi connectivity index (χ2v) is 5.55. The summed E-state index contributed by atoms with van der Waals surface area (Å²) in [6, 6.07) is 0. The van der Waals surface area contributed by atoms with Crippen LogP contribution in [0.2, 0.25) is 0 Å². The number of allylic oxidation sites excluding steroid dienone is 2. The maximum absolute atomic E-state index is 12.2. The van der Waals surface area contributed by atoms with Crippen molar-refractivity contribution in [3.8, 4) is 0 Å². The molecule has 1 heterocycles. The number of carbonyl (C=O) groups is 2. The summed E-state index contributed by atoms with van der Waals surface area (Å²) in [5.41, 5.74) is 0. The third-order valence-corrected chi connectivity index (χ3v) is 3.82. The van der Waals surface area contributed by atoms with Gasteiger partial charge in [-0.2, -0.15) is 0 Å². The molecule has 6 nitrogen and oxygen atoms in total. The van der Waals surface area contributed by atoms with Gasteiger partial charge in [0, 0.05) is 5.88 Å². The van der Waals surface area contributed by atoms with Gasteiger partial charge < -0.3 is 14.2 Å². The molecule has 0 aromatic rings. The zero-order chi connectivity index (χ0) is 16.5. The number of rotatable bonds is 11. The molecule has 128 valence electrons. The Morgan fingerprint density at radius 1 is 0.826 bits per heavy atom. The molecule has 2 atom stereocenters. The topological polar surface area (TPSA) is 65.1 Å². The Morgan fingerprint density at radius 3 is 1.83 bits per heavy atom. The molecule has 1 saturated heterocycles. The molecule has 0 aromatic carbocycles. The van der Waals surface area contributed by atoms with Crippen LogP contribution in [-0.4, -0.2) is 68.8 Å². The van der Waals surface area contributed by atoms with Crippen LogP contribution in [0.15, 0.2) is 24.3 Å². The molecule has 23 heavy (non-hydrogen) atoms. The van der Waals surface area contributed by atoms with Crippen LogP contribution in [0, 0.1) is 11.8 Å². The molecule has 1 aliphatic heterocycles. The molecule has 1 fully saturated rings. The lowest BCUT2D eigenvalue weighted by atomic mass is 9.91. The summed E-state index contributed by atoms with van der Waals surface area (Å²) in [5, 5.41) is 0. The van der Waals surface area contributed by atoms with Crippen LogP contribution >= 0.6 is 11.6 Å². The van der Waals surface area contributed by atoms with Gasteiger partial charge in [-0.1, -0.05) is 24.3 Å². The summed E-state index contributed by atoms with van der Waals surface area (Å²) in [5.74, 6) is -0.494. The van der Waals surface area contributed by atoms with Crippen molar-refractivity contribution in [1.82, 2.24) is 4.90 Å². The van der Waals surface area contributed by atoms with E-state index in [9.17, 15) is 9.59 Å². The summed E-state index contributed by atoms with van der Waals surface area (Å²) in [6.07, 6.45) is 7.18. The van der Waals surface area contributed by atoms with E-state index in [-0.39, 0.29) is 30.2 Å². The molecular weight excluding hydrogens is 322 g/mol. The van der Waals surface area contributed by atoms with E-state index in [1.807, 2.05) is 0 Å². The first kappa shape index (κ1) is 18.1. The number of nitrogens with zero attached hydrogens (tertiary/aromatic N) is 1. The molecule has 2 aliphatic rings. The Hall–Kier alpha value is -1.21. The number of ether oxygens (including phenoxy) is 3. The van der Waals surface area contributed by atoms with Gasteiger partial charge in [0.1, 0.15) is 0 Å². The minimum absolute atomic E-state index is 0.142. The van der Waals surface area contributed by atoms with Crippen LogP contribution in [0.1, 0.15) is 0 Å². The Kier molecular flexibility index (Phi) is 7.74. The second-order valence-electron chi connectivity index (χ2n) is 5.18. The molecule has 0 radical (unpaired) electrons. The summed E-state index contributed by atoms with van der Waals surface area (Å²) in [4.78, 5) is 25.6. The van der Waals surface area contributed by atoms with E-state index in [0.29, 0.717) is 45.5 Å². The number of likely N-dealkylation sites (tertiary alicyclic amines) is 1. The van der Waals surface area contributed by atoms with E-state index in [1.165, 1.54) is 4.90 Å². The predicted octanol–water partition coefficient (Wildman–Crippen LogP) is 1.00. The van der Waals surface area contributed by atoms with Gasteiger partial charge in [0.05, 0.1) is 58.0 Å². The fourth-order valence-electron chi connectivity index (χ4n) is 2.52. The zero-order valence-electron chi connectivity index (χ0n) is 13.0. The molecule has 1 aliphatic carbocycles. The molecule has 0 saturated carbocycles. The lowest BCUT2D eigenvalue weighted by Crippen LogP contribution is -2.34. The maximum atomic E-state index is 12.2. The molecule has 0 aromatic heterocycles. The SMILES string of the molecule is O=C1C2C=CC=CC2C(=O)N1CCOCCOCCOCCCl. The van der Waals surface area contributed by atoms with Crippen LogP contribution in [0.25, 0.3) is 0 Å².